The second kappa shape index (κ2) is 8.42. The van der Waals surface area contributed by atoms with Gasteiger partial charge in [0.25, 0.3) is 0 Å². The van der Waals surface area contributed by atoms with Crippen LogP contribution < -0.4 is 14.4 Å². The third-order valence-corrected chi connectivity index (χ3v) is 5.13. The van der Waals surface area contributed by atoms with Crippen LogP contribution in [0, 0.1) is 0 Å². The molecular weight excluding hydrogens is 376 g/mol. The highest BCUT2D eigenvalue weighted by Gasteiger charge is 2.21. The molecule has 0 unspecified atom stereocenters. The van der Waals surface area contributed by atoms with E-state index < -0.39 is 15.9 Å². The number of halogens is 1. The number of hydrogen-bond donors (Lipinski definition) is 1. The Labute approximate surface area is 158 Å². The van der Waals surface area contributed by atoms with Crippen molar-refractivity contribution in [3.63, 3.8) is 0 Å². The minimum atomic E-state index is -3.63. The third-order valence-electron chi connectivity index (χ3n) is 3.76. The number of rotatable bonds is 7. The highest BCUT2D eigenvalue weighted by atomic mass is 35.5. The number of carbonyl (C=O) groups excluding carboxylic acids is 1. The maximum Gasteiger partial charge on any atom is 0.245 e. The van der Waals surface area contributed by atoms with Crippen LogP contribution in [0.4, 0.5) is 11.4 Å². The zero-order chi connectivity index (χ0) is 19.3. The molecule has 140 valence electrons. The summed E-state index contributed by atoms with van der Waals surface area (Å²) >= 11 is 5.95. The zero-order valence-corrected chi connectivity index (χ0v) is 16.4. The first kappa shape index (κ1) is 20.1. The van der Waals surface area contributed by atoms with Gasteiger partial charge in [-0.25, -0.2) is 8.42 Å². The molecule has 0 fully saturated rings. The fourth-order valence-electron chi connectivity index (χ4n) is 2.40. The number of aryl methyl sites for hydroxylation is 1. The summed E-state index contributed by atoms with van der Waals surface area (Å²) in [6, 6.07) is 11.8. The second-order valence-electron chi connectivity index (χ2n) is 5.68. The number of anilines is 2. The molecule has 0 aromatic heterocycles. The second-order valence-corrected chi connectivity index (χ2v) is 8.03. The predicted molar refractivity (Wildman–Crippen MR) is 105 cm³/mol. The summed E-state index contributed by atoms with van der Waals surface area (Å²) in [5, 5.41) is 3.07. The van der Waals surface area contributed by atoms with Gasteiger partial charge in [-0.15, -0.1) is 0 Å². The number of sulfonamides is 1. The van der Waals surface area contributed by atoms with Crippen LogP contribution in [0.25, 0.3) is 0 Å². The van der Waals surface area contributed by atoms with Gasteiger partial charge in [-0.1, -0.05) is 30.7 Å². The van der Waals surface area contributed by atoms with Crippen LogP contribution in [0.2, 0.25) is 5.02 Å². The first-order valence-corrected chi connectivity index (χ1v) is 10.2. The molecule has 2 rings (SSSR count). The van der Waals surface area contributed by atoms with Gasteiger partial charge in [0.15, 0.2) is 0 Å². The molecule has 8 heteroatoms. The lowest BCUT2D eigenvalue weighted by molar-refractivity contribution is -0.114. The molecule has 0 saturated heterocycles. The number of hydrogen-bond acceptors (Lipinski definition) is 4. The van der Waals surface area contributed by atoms with Gasteiger partial charge in [-0.05, 0) is 42.3 Å². The molecule has 26 heavy (non-hydrogen) atoms. The average molecular weight is 397 g/mol. The normalized spacial score (nSPS) is 11.1. The lowest BCUT2D eigenvalue weighted by atomic mass is 10.1. The van der Waals surface area contributed by atoms with Gasteiger partial charge in [0.05, 0.1) is 24.7 Å². The van der Waals surface area contributed by atoms with E-state index in [0.717, 1.165) is 22.5 Å². The quantitative estimate of drug-likeness (QED) is 0.778. The molecule has 2 aromatic carbocycles. The highest BCUT2D eigenvalue weighted by Crippen LogP contribution is 2.28. The number of carbonyl (C=O) groups is 1. The van der Waals surface area contributed by atoms with E-state index in [4.69, 9.17) is 16.3 Å². The lowest BCUT2D eigenvalue weighted by Gasteiger charge is -2.22. The Balaban J connectivity index is 2.23. The van der Waals surface area contributed by atoms with Gasteiger partial charge in [-0.2, -0.15) is 0 Å². The minimum Gasteiger partial charge on any atom is -0.495 e. The topological polar surface area (TPSA) is 75.7 Å². The van der Waals surface area contributed by atoms with Crippen molar-refractivity contribution in [1.82, 2.24) is 0 Å². The molecule has 0 heterocycles. The van der Waals surface area contributed by atoms with E-state index in [1.54, 1.807) is 30.3 Å². The molecule has 2 aromatic rings. The first-order valence-electron chi connectivity index (χ1n) is 7.94. The van der Waals surface area contributed by atoms with E-state index in [9.17, 15) is 13.2 Å². The van der Waals surface area contributed by atoms with Gasteiger partial charge in [-0.3, -0.25) is 9.10 Å². The van der Waals surface area contributed by atoms with E-state index in [1.165, 1.54) is 7.11 Å². The predicted octanol–water partition coefficient (Wildman–Crippen LogP) is 3.32. The number of methoxy groups -OCH3 is 1. The van der Waals surface area contributed by atoms with Crippen molar-refractivity contribution >= 4 is 38.9 Å². The maximum absolute atomic E-state index is 12.4. The summed E-state index contributed by atoms with van der Waals surface area (Å²) in [7, 11) is -2.16. The smallest absolute Gasteiger partial charge is 0.245 e. The van der Waals surface area contributed by atoms with Crippen molar-refractivity contribution in [2.24, 2.45) is 0 Å². The van der Waals surface area contributed by atoms with Crippen molar-refractivity contribution in [3.05, 3.63) is 53.1 Å². The van der Waals surface area contributed by atoms with E-state index >= 15 is 0 Å². The molecule has 0 aliphatic carbocycles. The molecular formula is C18H21ClN2O4S. The van der Waals surface area contributed by atoms with Crippen LogP contribution >= 0.6 is 11.6 Å². The molecule has 0 radical (unpaired) electrons. The standard InChI is InChI=1S/C18H21ClN2O4S/c1-4-13-5-8-15(9-6-13)21(26(3,23)24)12-18(22)20-16-11-14(19)7-10-17(16)25-2/h5-11H,4,12H2,1-3H3,(H,20,22). The highest BCUT2D eigenvalue weighted by molar-refractivity contribution is 7.92. The maximum atomic E-state index is 12.4. The summed E-state index contributed by atoms with van der Waals surface area (Å²) in [4.78, 5) is 12.4. The molecule has 1 amide bonds. The average Bonchev–Trinajstić information content (AvgIpc) is 2.59. The summed E-state index contributed by atoms with van der Waals surface area (Å²) in [5.41, 5.74) is 1.88. The van der Waals surface area contributed by atoms with Crippen molar-refractivity contribution in [2.45, 2.75) is 13.3 Å². The summed E-state index contributed by atoms with van der Waals surface area (Å²) < 4.78 is 30.5. The van der Waals surface area contributed by atoms with Crippen LogP contribution in [-0.4, -0.2) is 34.2 Å². The van der Waals surface area contributed by atoms with Crippen molar-refractivity contribution in [2.75, 3.05) is 29.5 Å². The van der Waals surface area contributed by atoms with E-state index in [-0.39, 0.29) is 6.54 Å². The van der Waals surface area contributed by atoms with Gasteiger partial charge in [0, 0.05) is 5.02 Å². The van der Waals surface area contributed by atoms with Crippen LogP contribution in [0.3, 0.4) is 0 Å². The Morgan fingerprint density at radius 3 is 2.38 bits per heavy atom. The zero-order valence-electron chi connectivity index (χ0n) is 14.8. The monoisotopic (exact) mass is 396 g/mol. The molecule has 0 aliphatic heterocycles. The van der Waals surface area contributed by atoms with Crippen molar-refractivity contribution in [1.29, 1.82) is 0 Å². The van der Waals surface area contributed by atoms with Crippen molar-refractivity contribution in [3.8, 4) is 5.75 Å². The van der Waals surface area contributed by atoms with Crippen LogP contribution in [0.15, 0.2) is 42.5 Å². The molecule has 0 bridgehead atoms. The summed E-state index contributed by atoms with van der Waals surface area (Å²) in [6.45, 7) is 1.65. The Morgan fingerprint density at radius 1 is 1.19 bits per heavy atom. The number of ether oxygens (including phenoxy) is 1. The Kier molecular flexibility index (Phi) is 6.50. The Hall–Kier alpha value is -2.25. The molecule has 1 N–H and O–H groups in total. The Bertz CT molecular complexity index is 883. The molecule has 0 saturated carbocycles. The number of benzene rings is 2. The van der Waals surface area contributed by atoms with E-state index in [2.05, 4.69) is 5.32 Å². The molecule has 0 atom stereocenters. The Morgan fingerprint density at radius 2 is 1.85 bits per heavy atom. The van der Waals surface area contributed by atoms with E-state index in [0.29, 0.717) is 22.1 Å². The molecule has 0 spiro atoms. The van der Waals surface area contributed by atoms with Gasteiger partial charge in [0.1, 0.15) is 12.3 Å². The molecule has 0 aliphatic rings. The van der Waals surface area contributed by atoms with Gasteiger partial charge < -0.3 is 10.1 Å². The third kappa shape index (κ3) is 5.12. The van der Waals surface area contributed by atoms with Crippen LogP contribution in [-0.2, 0) is 21.2 Å². The first-order chi connectivity index (χ1) is 12.2. The van der Waals surface area contributed by atoms with Gasteiger partial charge in [0.2, 0.25) is 15.9 Å². The number of nitrogens with zero attached hydrogens (tertiary/aromatic N) is 1. The SMILES string of the molecule is CCc1ccc(N(CC(=O)Nc2cc(Cl)ccc2OC)S(C)(=O)=O)cc1. The minimum absolute atomic E-state index is 0.361. The summed E-state index contributed by atoms with van der Waals surface area (Å²) in [6.07, 6.45) is 1.90. The van der Waals surface area contributed by atoms with Crippen LogP contribution in [0.1, 0.15) is 12.5 Å². The fourth-order valence-corrected chi connectivity index (χ4v) is 3.42. The lowest BCUT2D eigenvalue weighted by Crippen LogP contribution is -2.37. The number of amides is 1. The van der Waals surface area contributed by atoms with E-state index in [1.807, 2.05) is 19.1 Å². The fraction of sp³-hybridized carbons (Fsp3) is 0.278. The molecule has 6 nitrogen and oxygen atoms in total. The largest absolute Gasteiger partial charge is 0.495 e. The van der Waals surface area contributed by atoms with Crippen LogP contribution in [0.5, 0.6) is 5.75 Å². The summed E-state index contributed by atoms with van der Waals surface area (Å²) in [5.74, 6) is -0.0727. The number of nitrogens with one attached hydrogen (secondary N) is 1. The van der Waals surface area contributed by atoms with Gasteiger partial charge >= 0.3 is 0 Å². The van der Waals surface area contributed by atoms with Crippen molar-refractivity contribution < 1.29 is 17.9 Å².